The highest BCUT2D eigenvalue weighted by Gasteiger charge is 2.25. The topological polar surface area (TPSA) is 138 Å². The van der Waals surface area contributed by atoms with Crippen molar-refractivity contribution in [3.63, 3.8) is 0 Å². The van der Waals surface area contributed by atoms with E-state index < -0.39 is 27.1 Å². The van der Waals surface area contributed by atoms with E-state index in [0.717, 1.165) is 29.9 Å². The van der Waals surface area contributed by atoms with Crippen molar-refractivity contribution in [2.45, 2.75) is 20.3 Å². The molecular weight excluding hydrogens is 424 g/mol. The van der Waals surface area contributed by atoms with Gasteiger partial charge in [0.2, 0.25) is 0 Å². The summed E-state index contributed by atoms with van der Waals surface area (Å²) in [6, 6.07) is 9.37. The standard InChI is InChI=1S/C20H18N4O6S/c1-3-8-30-15-6-4-13(5-7-15)16-11-31-20(21-16)22-19(25)14-9-17(23(26)27)12(2)18(10-14)24(28)29/h4-7,9-11H,3,8H2,1-2H3,(H,21,22,25). The predicted octanol–water partition coefficient (Wildman–Crippen LogP) is 4.98. The first-order valence-electron chi connectivity index (χ1n) is 9.23. The lowest BCUT2D eigenvalue weighted by atomic mass is 10.1. The van der Waals surface area contributed by atoms with Crippen LogP contribution in [0, 0.1) is 27.2 Å². The zero-order valence-corrected chi connectivity index (χ0v) is 17.5. The number of amides is 1. The Morgan fingerprint density at radius 1 is 1.13 bits per heavy atom. The molecular formula is C20H18N4O6S. The van der Waals surface area contributed by atoms with Gasteiger partial charge in [-0.2, -0.15) is 0 Å². The maximum Gasteiger partial charge on any atom is 0.279 e. The van der Waals surface area contributed by atoms with Gasteiger partial charge in [0, 0.05) is 23.1 Å². The predicted molar refractivity (Wildman–Crippen MR) is 116 cm³/mol. The molecule has 0 atom stereocenters. The largest absolute Gasteiger partial charge is 0.494 e. The Hall–Kier alpha value is -3.86. The highest BCUT2D eigenvalue weighted by Crippen LogP contribution is 2.31. The zero-order chi connectivity index (χ0) is 22.5. The number of ether oxygens (including phenoxy) is 1. The van der Waals surface area contributed by atoms with Gasteiger partial charge in [-0.3, -0.25) is 30.3 Å². The van der Waals surface area contributed by atoms with Crippen LogP contribution in [0.15, 0.2) is 41.8 Å². The lowest BCUT2D eigenvalue weighted by Gasteiger charge is -2.05. The number of anilines is 1. The average Bonchev–Trinajstić information content (AvgIpc) is 3.20. The molecule has 0 spiro atoms. The molecule has 0 bridgehead atoms. The van der Waals surface area contributed by atoms with Gasteiger partial charge in [0.15, 0.2) is 5.13 Å². The van der Waals surface area contributed by atoms with E-state index >= 15 is 0 Å². The summed E-state index contributed by atoms with van der Waals surface area (Å²) in [5, 5.41) is 27.0. The highest BCUT2D eigenvalue weighted by atomic mass is 32.1. The third kappa shape index (κ3) is 5.01. The molecule has 31 heavy (non-hydrogen) atoms. The van der Waals surface area contributed by atoms with E-state index in [1.807, 2.05) is 31.2 Å². The first-order chi connectivity index (χ1) is 14.8. The minimum Gasteiger partial charge on any atom is -0.494 e. The lowest BCUT2D eigenvalue weighted by Crippen LogP contribution is -2.13. The number of benzene rings is 2. The molecule has 2 aromatic carbocycles. The van der Waals surface area contributed by atoms with Crippen molar-refractivity contribution in [1.82, 2.24) is 4.98 Å². The molecule has 0 unspecified atom stereocenters. The SMILES string of the molecule is CCCOc1ccc(-c2csc(NC(=O)c3cc([N+](=O)[O-])c(C)c([N+](=O)[O-])c3)n2)cc1. The molecule has 1 N–H and O–H groups in total. The molecule has 10 nitrogen and oxygen atoms in total. The number of nitrogens with zero attached hydrogens (tertiary/aromatic N) is 3. The fourth-order valence-electron chi connectivity index (χ4n) is 2.77. The first kappa shape index (κ1) is 21.8. The summed E-state index contributed by atoms with van der Waals surface area (Å²) in [4.78, 5) is 37.8. The van der Waals surface area contributed by atoms with Crippen LogP contribution in [0.4, 0.5) is 16.5 Å². The van der Waals surface area contributed by atoms with Gasteiger partial charge in [-0.05, 0) is 37.6 Å². The molecule has 1 amide bonds. The molecule has 0 aliphatic rings. The highest BCUT2D eigenvalue weighted by molar-refractivity contribution is 7.14. The first-order valence-corrected chi connectivity index (χ1v) is 10.1. The third-order valence-electron chi connectivity index (χ3n) is 4.36. The van der Waals surface area contributed by atoms with Gasteiger partial charge >= 0.3 is 0 Å². The van der Waals surface area contributed by atoms with Gasteiger partial charge in [-0.25, -0.2) is 4.98 Å². The minimum absolute atomic E-state index is 0.116. The average molecular weight is 442 g/mol. The fourth-order valence-corrected chi connectivity index (χ4v) is 3.48. The maximum absolute atomic E-state index is 12.6. The Balaban J connectivity index is 1.80. The maximum atomic E-state index is 12.6. The number of nitrogens with one attached hydrogen (secondary N) is 1. The molecule has 11 heteroatoms. The summed E-state index contributed by atoms with van der Waals surface area (Å²) >= 11 is 1.17. The van der Waals surface area contributed by atoms with Crippen LogP contribution in [0.2, 0.25) is 0 Å². The second-order valence-electron chi connectivity index (χ2n) is 6.52. The smallest absolute Gasteiger partial charge is 0.279 e. The Morgan fingerprint density at radius 2 is 1.74 bits per heavy atom. The number of aromatic nitrogens is 1. The van der Waals surface area contributed by atoms with Crippen LogP contribution >= 0.6 is 11.3 Å². The summed E-state index contributed by atoms with van der Waals surface area (Å²) in [5.41, 5.74) is 0.146. The van der Waals surface area contributed by atoms with Crippen molar-refractivity contribution in [2.24, 2.45) is 0 Å². The number of thiazole rings is 1. The molecule has 1 aromatic heterocycles. The number of rotatable bonds is 8. The van der Waals surface area contributed by atoms with E-state index in [-0.39, 0.29) is 16.3 Å². The van der Waals surface area contributed by atoms with Crippen molar-refractivity contribution >= 4 is 33.8 Å². The Morgan fingerprint density at radius 3 is 2.29 bits per heavy atom. The van der Waals surface area contributed by atoms with E-state index in [1.54, 1.807) is 5.38 Å². The third-order valence-corrected chi connectivity index (χ3v) is 5.11. The van der Waals surface area contributed by atoms with Crippen LogP contribution in [-0.2, 0) is 0 Å². The molecule has 0 saturated heterocycles. The van der Waals surface area contributed by atoms with Gasteiger partial charge < -0.3 is 4.74 Å². The summed E-state index contributed by atoms with van der Waals surface area (Å²) in [6.45, 7) is 3.91. The van der Waals surface area contributed by atoms with E-state index in [1.165, 1.54) is 18.3 Å². The molecule has 3 rings (SSSR count). The molecule has 0 aliphatic carbocycles. The summed E-state index contributed by atoms with van der Waals surface area (Å²) in [7, 11) is 0. The lowest BCUT2D eigenvalue weighted by molar-refractivity contribution is -0.395. The van der Waals surface area contributed by atoms with Gasteiger partial charge in [0.25, 0.3) is 17.3 Å². The molecule has 0 radical (unpaired) electrons. The van der Waals surface area contributed by atoms with E-state index in [0.29, 0.717) is 12.3 Å². The van der Waals surface area contributed by atoms with Crippen LogP contribution in [0.3, 0.4) is 0 Å². The van der Waals surface area contributed by atoms with E-state index in [2.05, 4.69) is 10.3 Å². The van der Waals surface area contributed by atoms with Crippen molar-refractivity contribution in [3.05, 3.63) is 73.1 Å². The molecule has 0 saturated carbocycles. The van der Waals surface area contributed by atoms with Crippen molar-refractivity contribution in [3.8, 4) is 17.0 Å². The number of carbonyl (C=O) groups is 1. The Bertz CT molecular complexity index is 1110. The van der Waals surface area contributed by atoms with Gasteiger partial charge in [-0.1, -0.05) is 6.92 Å². The van der Waals surface area contributed by atoms with E-state index in [4.69, 9.17) is 4.74 Å². The fraction of sp³-hybridized carbons (Fsp3) is 0.200. The second-order valence-corrected chi connectivity index (χ2v) is 7.38. The molecule has 1 heterocycles. The number of nitro groups is 2. The van der Waals surface area contributed by atoms with Gasteiger partial charge in [0.1, 0.15) is 11.3 Å². The molecule has 0 fully saturated rings. The molecule has 0 aliphatic heterocycles. The van der Waals surface area contributed by atoms with Crippen LogP contribution in [0.1, 0.15) is 29.3 Å². The zero-order valence-electron chi connectivity index (χ0n) is 16.7. The normalized spacial score (nSPS) is 10.5. The molecule has 160 valence electrons. The number of nitro benzene ring substituents is 2. The van der Waals surface area contributed by atoms with Crippen molar-refractivity contribution in [1.29, 1.82) is 0 Å². The molecule has 3 aromatic rings. The monoisotopic (exact) mass is 442 g/mol. The summed E-state index contributed by atoms with van der Waals surface area (Å²) in [5.74, 6) is 0.0207. The van der Waals surface area contributed by atoms with Crippen LogP contribution in [-0.4, -0.2) is 27.3 Å². The quantitative estimate of drug-likeness (QED) is 0.384. The number of carbonyl (C=O) groups excluding carboxylic acids is 1. The van der Waals surface area contributed by atoms with Crippen molar-refractivity contribution in [2.75, 3.05) is 11.9 Å². The van der Waals surface area contributed by atoms with E-state index in [9.17, 15) is 25.0 Å². The Kier molecular flexibility index (Phi) is 6.55. The second kappa shape index (κ2) is 9.30. The summed E-state index contributed by atoms with van der Waals surface area (Å²) < 4.78 is 5.54. The summed E-state index contributed by atoms with van der Waals surface area (Å²) in [6.07, 6.45) is 0.907. The van der Waals surface area contributed by atoms with Crippen LogP contribution < -0.4 is 10.1 Å². The van der Waals surface area contributed by atoms with Crippen molar-refractivity contribution < 1.29 is 19.4 Å². The Labute approximate surface area is 180 Å². The van der Waals surface area contributed by atoms with Crippen LogP contribution in [0.5, 0.6) is 5.75 Å². The van der Waals surface area contributed by atoms with Crippen LogP contribution in [0.25, 0.3) is 11.3 Å². The minimum atomic E-state index is -0.755. The van der Waals surface area contributed by atoms with Gasteiger partial charge in [0.05, 0.1) is 27.7 Å². The number of hydrogen-bond donors (Lipinski definition) is 1. The van der Waals surface area contributed by atoms with Gasteiger partial charge in [-0.15, -0.1) is 11.3 Å². The number of hydrogen-bond acceptors (Lipinski definition) is 8.